The Hall–Kier alpha value is -1.89. The number of hydrogen-bond donors (Lipinski definition) is 2. The van der Waals surface area contributed by atoms with Gasteiger partial charge in [0.2, 0.25) is 0 Å². The summed E-state index contributed by atoms with van der Waals surface area (Å²) in [6, 6.07) is 9.10. The second-order valence-corrected chi connectivity index (χ2v) is 4.81. The fraction of sp³-hybridized carbons (Fsp3) is 0.400. The number of esters is 1. The molecule has 0 amide bonds. The summed E-state index contributed by atoms with van der Waals surface area (Å²) in [6.45, 7) is 0.193. The molecular formula is C15H20N2O4. The average molecular weight is 292 g/mol. The first-order valence-electron chi connectivity index (χ1n) is 6.62. The molecule has 114 valence electrons. The number of benzene rings is 1. The number of nitrogens with zero attached hydrogens (tertiary/aromatic N) is 1. The van der Waals surface area contributed by atoms with Gasteiger partial charge in [-0.25, -0.2) is 4.79 Å². The molecule has 21 heavy (non-hydrogen) atoms. The van der Waals surface area contributed by atoms with Gasteiger partial charge in [-0.2, -0.15) is 0 Å². The molecule has 0 spiro atoms. The number of aliphatic hydroxyl groups excluding tert-OH is 1. The van der Waals surface area contributed by atoms with Crippen molar-refractivity contribution in [2.45, 2.75) is 12.4 Å². The molecule has 6 heteroatoms. The van der Waals surface area contributed by atoms with Crippen molar-refractivity contribution in [3.63, 3.8) is 0 Å². The first kappa shape index (κ1) is 15.5. The Balaban J connectivity index is 2.54. The van der Waals surface area contributed by atoms with E-state index in [0.29, 0.717) is 11.3 Å². The van der Waals surface area contributed by atoms with Crippen LogP contribution in [-0.4, -0.2) is 50.2 Å². The van der Waals surface area contributed by atoms with Crippen LogP contribution in [0.3, 0.4) is 0 Å². The van der Waals surface area contributed by atoms with E-state index in [9.17, 15) is 9.90 Å². The molecule has 2 rings (SSSR count). The van der Waals surface area contributed by atoms with Gasteiger partial charge < -0.3 is 19.9 Å². The quantitative estimate of drug-likeness (QED) is 0.793. The number of hydrogen-bond acceptors (Lipinski definition) is 6. The van der Waals surface area contributed by atoms with Crippen molar-refractivity contribution < 1.29 is 19.4 Å². The maximum absolute atomic E-state index is 12.2. The summed E-state index contributed by atoms with van der Waals surface area (Å²) < 4.78 is 10.0. The molecular weight excluding hydrogens is 272 g/mol. The van der Waals surface area contributed by atoms with Crippen LogP contribution in [0.15, 0.2) is 41.6 Å². The molecule has 0 aromatic heterocycles. The van der Waals surface area contributed by atoms with E-state index in [0.717, 1.165) is 5.56 Å². The fourth-order valence-corrected chi connectivity index (χ4v) is 2.49. The molecule has 1 heterocycles. The van der Waals surface area contributed by atoms with Crippen LogP contribution < -0.4 is 5.32 Å². The predicted molar refractivity (Wildman–Crippen MR) is 77.0 cm³/mol. The standard InChI is InChI=1S/C15H20N2O4/c1-17-13(10-7-5-4-6-8-10)12(14(18)21-3)11(9-20-2)16-15(17)19/h4-8,13,15-16,19H,9H2,1-3H3/t13-,15?/m0/s1. The van der Waals surface area contributed by atoms with E-state index >= 15 is 0 Å². The third-order valence-corrected chi connectivity index (χ3v) is 3.50. The van der Waals surface area contributed by atoms with Gasteiger partial charge in [-0.3, -0.25) is 4.90 Å². The predicted octanol–water partition coefficient (Wildman–Crippen LogP) is 0.612. The summed E-state index contributed by atoms with van der Waals surface area (Å²) in [7, 11) is 4.61. The minimum Gasteiger partial charge on any atom is -0.466 e. The Labute approximate surface area is 124 Å². The highest BCUT2D eigenvalue weighted by Crippen LogP contribution is 2.33. The van der Waals surface area contributed by atoms with Crippen molar-refractivity contribution in [2.24, 2.45) is 0 Å². The molecule has 1 aromatic carbocycles. The SMILES string of the molecule is COCC1=C(C(=O)OC)[C@H](c2ccccc2)N(C)C(O)N1. The van der Waals surface area contributed by atoms with E-state index in [1.807, 2.05) is 30.3 Å². The Bertz CT molecular complexity index is 530. The molecule has 6 nitrogen and oxygen atoms in total. The van der Waals surface area contributed by atoms with Crippen LogP contribution in [0.4, 0.5) is 0 Å². The largest absolute Gasteiger partial charge is 0.466 e. The van der Waals surface area contributed by atoms with Gasteiger partial charge in [0.05, 0.1) is 31.0 Å². The van der Waals surface area contributed by atoms with E-state index in [1.54, 1.807) is 11.9 Å². The Morgan fingerprint density at radius 3 is 2.57 bits per heavy atom. The van der Waals surface area contributed by atoms with Gasteiger partial charge in [-0.05, 0) is 12.6 Å². The summed E-state index contributed by atoms with van der Waals surface area (Å²) in [5, 5.41) is 13.0. The molecule has 2 atom stereocenters. The maximum atomic E-state index is 12.2. The van der Waals surface area contributed by atoms with E-state index in [1.165, 1.54) is 14.2 Å². The van der Waals surface area contributed by atoms with Crippen molar-refractivity contribution in [3.8, 4) is 0 Å². The van der Waals surface area contributed by atoms with Crippen LogP contribution in [0.1, 0.15) is 11.6 Å². The Morgan fingerprint density at radius 2 is 2.00 bits per heavy atom. The second kappa shape index (κ2) is 6.71. The zero-order chi connectivity index (χ0) is 15.4. The molecule has 0 saturated heterocycles. The molecule has 0 fully saturated rings. The lowest BCUT2D eigenvalue weighted by Gasteiger charge is -2.39. The van der Waals surface area contributed by atoms with Crippen LogP contribution in [-0.2, 0) is 14.3 Å². The molecule has 2 N–H and O–H groups in total. The van der Waals surface area contributed by atoms with Gasteiger partial charge in [0.15, 0.2) is 6.35 Å². The summed E-state index contributed by atoms with van der Waals surface area (Å²) in [5.74, 6) is -0.442. The topological polar surface area (TPSA) is 71.0 Å². The third kappa shape index (κ3) is 3.07. The highest BCUT2D eigenvalue weighted by Gasteiger charge is 2.37. The van der Waals surface area contributed by atoms with E-state index in [2.05, 4.69) is 5.32 Å². The number of likely N-dealkylation sites (N-methyl/N-ethyl adjacent to an activating group) is 1. The van der Waals surface area contributed by atoms with Crippen molar-refractivity contribution in [2.75, 3.05) is 27.9 Å². The molecule has 1 aromatic rings. The first-order chi connectivity index (χ1) is 10.1. The Kier molecular flexibility index (Phi) is 4.95. The number of carbonyl (C=O) groups is 1. The number of carbonyl (C=O) groups excluding carboxylic acids is 1. The van der Waals surface area contributed by atoms with Crippen molar-refractivity contribution in [1.82, 2.24) is 10.2 Å². The van der Waals surface area contributed by atoms with Gasteiger partial charge in [-0.1, -0.05) is 30.3 Å². The van der Waals surface area contributed by atoms with Gasteiger partial charge in [-0.15, -0.1) is 0 Å². The normalized spacial score (nSPS) is 22.9. The maximum Gasteiger partial charge on any atom is 0.337 e. The van der Waals surface area contributed by atoms with E-state index in [4.69, 9.17) is 9.47 Å². The van der Waals surface area contributed by atoms with Gasteiger partial charge in [0, 0.05) is 7.11 Å². The first-order valence-corrected chi connectivity index (χ1v) is 6.62. The number of aliphatic hydroxyl groups is 1. The summed E-state index contributed by atoms with van der Waals surface area (Å²) in [5.41, 5.74) is 1.87. The average Bonchev–Trinajstić information content (AvgIpc) is 2.50. The van der Waals surface area contributed by atoms with Gasteiger partial charge in [0.1, 0.15) is 0 Å². The van der Waals surface area contributed by atoms with E-state index in [-0.39, 0.29) is 6.61 Å². The highest BCUT2D eigenvalue weighted by atomic mass is 16.5. The van der Waals surface area contributed by atoms with Gasteiger partial charge >= 0.3 is 5.97 Å². The summed E-state index contributed by atoms with van der Waals surface area (Å²) in [6.07, 6.45) is -0.909. The monoisotopic (exact) mass is 292 g/mol. The molecule has 0 aliphatic carbocycles. The number of methoxy groups -OCH3 is 2. The zero-order valence-electron chi connectivity index (χ0n) is 12.4. The van der Waals surface area contributed by atoms with Crippen molar-refractivity contribution >= 4 is 5.97 Å². The number of nitrogens with one attached hydrogen (secondary N) is 1. The lowest BCUT2D eigenvalue weighted by atomic mass is 9.94. The number of rotatable bonds is 4. The van der Waals surface area contributed by atoms with Crippen molar-refractivity contribution in [1.29, 1.82) is 0 Å². The minimum absolute atomic E-state index is 0.193. The highest BCUT2D eigenvalue weighted by molar-refractivity contribution is 5.91. The Morgan fingerprint density at radius 1 is 1.33 bits per heavy atom. The second-order valence-electron chi connectivity index (χ2n) is 4.81. The minimum atomic E-state index is -0.909. The molecule has 1 unspecified atom stereocenters. The van der Waals surface area contributed by atoms with Crippen LogP contribution in [0, 0.1) is 0 Å². The molecule has 0 bridgehead atoms. The van der Waals surface area contributed by atoms with Crippen LogP contribution in [0.25, 0.3) is 0 Å². The number of ether oxygens (including phenoxy) is 2. The molecule has 0 radical (unpaired) electrons. The zero-order valence-corrected chi connectivity index (χ0v) is 12.4. The molecule has 0 saturated carbocycles. The van der Waals surface area contributed by atoms with Crippen LogP contribution >= 0.6 is 0 Å². The van der Waals surface area contributed by atoms with Crippen LogP contribution in [0.5, 0.6) is 0 Å². The van der Waals surface area contributed by atoms with E-state index < -0.39 is 18.4 Å². The van der Waals surface area contributed by atoms with Crippen molar-refractivity contribution in [3.05, 3.63) is 47.2 Å². The lowest BCUT2D eigenvalue weighted by molar-refractivity contribution is -0.138. The molecule has 1 aliphatic rings. The van der Waals surface area contributed by atoms with Gasteiger partial charge in [0.25, 0.3) is 0 Å². The summed E-state index contributed by atoms with van der Waals surface area (Å²) in [4.78, 5) is 13.9. The molecule has 1 aliphatic heterocycles. The fourth-order valence-electron chi connectivity index (χ4n) is 2.49. The lowest BCUT2D eigenvalue weighted by Crippen LogP contribution is -2.51. The van der Waals surface area contributed by atoms with Crippen LogP contribution in [0.2, 0.25) is 0 Å². The third-order valence-electron chi connectivity index (χ3n) is 3.50. The smallest absolute Gasteiger partial charge is 0.337 e. The summed E-state index contributed by atoms with van der Waals surface area (Å²) >= 11 is 0.